The van der Waals surface area contributed by atoms with Gasteiger partial charge >= 0.3 is 0 Å². The van der Waals surface area contributed by atoms with E-state index >= 15 is 0 Å². The lowest BCUT2D eigenvalue weighted by Gasteiger charge is -2.10. The van der Waals surface area contributed by atoms with Crippen LogP contribution in [-0.2, 0) is 6.42 Å². The maximum Gasteiger partial charge on any atom is 0.133 e. The molecule has 28 heavy (non-hydrogen) atoms. The number of hydrogen-bond donors (Lipinski definition) is 1. The van der Waals surface area contributed by atoms with Crippen LogP contribution in [0.15, 0.2) is 36.4 Å². The zero-order chi connectivity index (χ0) is 19.7. The molecule has 0 spiro atoms. The van der Waals surface area contributed by atoms with E-state index in [9.17, 15) is 0 Å². The minimum absolute atomic E-state index is 0.498. The molecular weight excluding hydrogens is 397 g/mol. The van der Waals surface area contributed by atoms with Gasteiger partial charge in [-0.1, -0.05) is 23.2 Å². The predicted molar refractivity (Wildman–Crippen MR) is 114 cm³/mol. The number of anilines is 1. The third kappa shape index (κ3) is 3.40. The first-order chi connectivity index (χ1) is 13.6. The molecule has 2 aromatic carbocycles. The van der Waals surface area contributed by atoms with E-state index in [1.54, 1.807) is 20.3 Å². The summed E-state index contributed by atoms with van der Waals surface area (Å²) in [5.74, 6) is 2.50. The van der Waals surface area contributed by atoms with Gasteiger partial charge in [0.05, 0.1) is 30.0 Å². The summed E-state index contributed by atoms with van der Waals surface area (Å²) in [6.45, 7) is 0.898. The second-order valence-electron chi connectivity index (χ2n) is 6.64. The summed E-state index contributed by atoms with van der Waals surface area (Å²) < 4.78 is 12.9. The summed E-state index contributed by atoms with van der Waals surface area (Å²) in [6, 6.07) is 11.3. The number of nitrogens with zero attached hydrogens (tertiary/aromatic N) is 2. The maximum absolute atomic E-state index is 6.26. The van der Waals surface area contributed by atoms with Crippen molar-refractivity contribution in [1.29, 1.82) is 0 Å². The fourth-order valence-electron chi connectivity index (χ4n) is 3.52. The molecule has 1 aliphatic heterocycles. The lowest BCUT2D eigenvalue weighted by Crippen LogP contribution is -2.07. The molecule has 1 N–H and O–H groups in total. The number of aromatic nitrogens is 2. The molecule has 0 amide bonds. The van der Waals surface area contributed by atoms with E-state index in [-0.39, 0.29) is 0 Å². The first-order valence-electron chi connectivity index (χ1n) is 9.16. The van der Waals surface area contributed by atoms with Crippen LogP contribution in [0.4, 0.5) is 5.82 Å². The molecule has 0 radical (unpaired) electrons. The van der Waals surface area contributed by atoms with Crippen molar-refractivity contribution in [3.8, 4) is 28.4 Å². The lowest BCUT2D eigenvalue weighted by molar-refractivity contribution is 0.404. The number of methoxy groups -OCH3 is 2. The van der Waals surface area contributed by atoms with Gasteiger partial charge in [-0.3, -0.25) is 0 Å². The van der Waals surface area contributed by atoms with Gasteiger partial charge in [0, 0.05) is 17.7 Å². The average Bonchev–Trinajstić information content (AvgIpc) is 2.90. The van der Waals surface area contributed by atoms with E-state index in [0.717, 1.165) is 65.6 Å². The van der Waals surface area contributed by atoms with E-state index in [0.29, 0.717) is 10.0 Å². The van der Waals surface area contributed by atoms with Gasteiger partial charge in [-0.2, -0.15) is 5.10 Å². The molecule has 7 heteroatoms. The SMILES string of the molecule is COc1ccc(OC)c(-c2nn(-c3ccc(Cl)c(Cl)c3)c3c2CCCCN3)c1. The summed E-state index contributed by atoms with van der Waals surface area (Å²) in [5.41, 5.74) is 3.80. The monoisotopic (exact) mass is 417 g/mol. The molecule has 0 unspecified atom stereocenters. The van der Waals surface area contributed by atoms with Crippen molar-refractivity contribution in [2.75, 3.05) is 26.1 Å². The Morgan fingerprint density at radius 3 is 2.61 bits per heavy atom. The zero-order valence-electron chi connectivity index (χ0n) is 15.8. The van der Waals surface area contributed by atoms with E-state index in [2.05, 4.69) is 5.32 Å². The van der Waals surface area contributed by atoms with Crippen LogP contribution in [0.3, 0.4) is 0 Å². The van der Waals surface area contributed by atoms with Crippen LogP contribution < -0.4 is 14.8 Å². The molecule has 0 aliphatic carbocycles. The van der Waals surface area contributed by atoms with Gasteiger partial charge in [0.1, 0.15) is 23.0 Å². The second-order valence-corrected chi connectivity index (χ2v) is 7.45. The Balaban J connectivity index is 1.94. The molecule has 4 rings (SSSR count). The molecule has 0 fully saturated rings. The van der Waals surface area contributed by atoms with Crippen LogP contribution in [0.25, 0.3) is 16.9 Å². The van der Waals surface area contributed by atoms with Crippen molar-refractivity contribution in [2.45, 2.75) is 19.3 Å². The van der Waals surface area contributed by atoms with Crippen LogP contribution in [0.1, 0.15) is 18.4 Å². The Kier molecular flexibility index (Phi) is 5.38. The quantitative estimate of drug-likeness (QED) is 0.598. The van der Waals surface area contributed by atoms with E-state index in [1.807, 2.05) is 35.0 Å². The van der Waals surface area contributed by atoms with E-state index < -0.39 is 0 Å². The number of benzene rings is 2. The van der Waals surface area contributed by atoms with Crippen molar-refractivity contribution in [2.24, 2.45) is 0 Å². The molecule has 5 nitrogen and oxygen atoms in total. The van der Waals surface area contributed by atoms with Gasteiger partial charge in [0.2, 0.25) is 0 Å². The van der Waals surface area contributed by atoms with Crippen molar-refractivity contribution in [1.82, 2.24) is 9.78 Å². The Hall–Kier alpha value is -2.37. The maximum atomic E-state index is 6.26. The molecule has 2 heterocycles. The molecule has 0 saturated carbocycles. The van der Waals surface area contributed by atoms with Crippen molar-refractivity contribution < 1.29 is 9.47 Å². The smallest absolute Gasteiger partial charge is 0.133 e. The summed E-state index contributed by atoms with van der Waals surface area (Å²) in [4.78, 5) is 0. The van der Waals surface area contributed by atoms with Gasteiger partial charge in [-0.25, -0.2) is 4.68 Å². The Morgan fingerprint density at radius 2 is 1.86 bits per heavy atom. The highest BCUT2D eigenvalue weighted by atomic mass is 35.5. The summed E-state index contributed by atoms with van der Waals surface area (Å²) in [7, 11) is 3.32. The number of halogens is 2. The Labute approximate surface area is 174 Å². The summed E-state index contributed by atoms with van der Waals surface area (Å²) >= 11 is 12.4. The molecule has 0 atom stereocenters. The lowest BCUT2D eigenvalue weighted by atomic mass is 10.0. The summed E-state index contributed by atoms with van der Waals surface area (Å²) in [5, 5.41) is 9.50. The number of hydrogen-bond acceptors (Lipinski definition) is 4. The van der Waals surface area contributed by atoms with E-state index in [1.165, 1.54) is 0 Å². The molecule has 1 aliphatic rings. The fourth-order valence-corrected chi connectivity index (χ4v) is 3.81. The zero-order valence-corrected chi connectivity index (χ0v) is 17.3. The number of rotatable bonds is 4. The van der Waals surface area contributed by atoms with Crippen molar-refractivity contribution in [3.63, 3.8) is 0 Å². The normalized spacial score (nSPS) is 13.4. The van der Waals surface area contributed by atoms with Crippen LogP contribution in [0.2, 0.25) is 10.0 Å². The van der Waals surface area contributed by atoms with Gasteiger partial charge < -0.3 is 14.8 Å². The number of fused-ring (bicyclic) bond motifs is 1. The molecule has 146 valence electrons. The van der Waals surface area contributed by atoms with Crippen LogP contribution in [0, 0.1) is 0 Å². The number of nitrogens with one attached hydrogen (secondary N) is 1. The highest BCUT2D eigenvalue weighted by molar-refractivity contribution is 6.42. The minimum Gasteiger partial charge on any atom is -0.497 e. The first kappa shape index (κ1) is 19.0. The van der Waals surface area contributed by atoms with Crippen molar-refractivity contribution >= 4 is 29.0 Å². The molecule has 1 aromatic heterocycles. The Bertz CT molecular complexity index is 1020. The first-order valence-corrected chi connectivity index (χ1v) is 9.91. The molecule has 0 saturated heterocycles. The molecule has 3 aromatic rings. The third-order valence-electron chi connectivity index (χ3n) is 4.94. The van der Waals surface area contributed by atoms with Crippen molar-refractivity contribution in [3.05, 3.63) is 52.0 Å². The second kappa shape index (κ2) is 7.94. The minimum atomic E-state index is 0.498. The largest absolute Gasteiger partial charge is 0.497 e. The van der Waals surface area contributed by atoms with Gasteiger partial charge in [-0.15, -0.1) is 0 Å². The summed E-state index contributed by atoms with van der Waals surface area (Å²) in [6.07, 6.45) is 3.12. The highest BCUT2D eigenvalue weighted by Gasteiger charge is 2.24. The fraction of sp³-hybridized carbons (Fsp3) is 0.286. The van der Waals surface area contributed by atoms with Crippen LogP contribution in [-0.4, -0.2) is 30.5 Å². The van der Waals surface area contributed by atoms with Gasteiger partial charge in [-0.05, 0) is 55.7 Å². The third-order valence-corrected chi connectivity index (χ3v) is 5.68. The average molecular weight is 418 g/mol. The Morgan fingerprint density at radius 1 is 1.00 bits per heavy atom. The van der Waals surface area contributed by atoms with Gasteiger partial charge in [0.25, 0.3) is 0 Å². The van der Waals surface area contributed by atoms with Crippen LogP contribution in [0.5, 0.6) is 11.5 Å². The molecule has 0 bridgehead atoms. The topological polar surface area (TPSA) is 48.3 Å². The molecular formula is C21H21Cl2N3O2. The standard InChI is InChI=1S/C21H21Cl2N3O2/c1-27-14-7-9-19(28-2)16(12-14)20-15-5-3-4-10-24-21(15)26(25-20)13-6-8-17(22)18(23)11-13/h6-9,11-12,24H,3-5,10H2,1-2H3. The highest BCUT2D eigenvalue weighted by Crippen LogP contribution is 2.40. The van der Waals surface area contributed by atoms with Gasteiger partial charge in [0.15, 0.2) is 0 Å². The van der Waals surface area contributed by atoms with Crippen LogP contribution >= 0.6 is 23.2 Å². The number of ether oxygens (including phenoxy) is 2. The predicted octanol–water partition coefficient (Wildman–Crippen LogP) is 5.61. The van der Waals surface area contributed by atoms with E-state index in [4.69, 9.17) is 37.8 Å².